The van der Waals surface area contributed by atoms with E-state index in [0.717, 1.165) is 12.1 Å². The average molecular weight is 277 g/mol. The number of nitro groups is 1. The third kappa shape index (κ3) is 3.22. The Kier molecular flexibility index (Phi) is 4.33. The van der Waals surface area contributed by atoms with Crippen molar-refractivity contribution in [1.82, 2.24) is 4.72 Å². The van der Waals surface area contributed by atoms with Crippen LogP contribution in [-0.2, 0) is 10.0 Å². The number of hydrogen-bond acceptors (Lipinski definition) is 5. The number of benzene rings is 1. The molecule has 0 saturated heterocycles. The summed E-state index contributed by atoms with van der Waals surface area (Å²) < 4.78 is 38.7. The minimum atomic E-state index is -4.10. The first kappa shape index (κ1) is 14.5. The molecule has 7 nitrogen and oxygen atoms in total. The molecule has 0 aliphatic heterocycles. The highest BCUT2D eigenvalue weighted by Crippen LogP contribution is 2.24. The van der Waals surface area contributed by atoms with E-state index in [0.29, 0.717) is 6.07 Å². The van der Waals surface area contributed by atoms with E-state index in [-0.39, 0.29) is 6.54 Å². The Morgan fingerprint density at radius 2 is 2.17 bits per heavy atom. The van der Waals surface area contributed by atoms with Gasteiger partial charge < -0.3 is 5.73 Å². The summed E-state index contributed by atoms with van der Waals surface area (Å²) >= 11 is 0. The maximum absolute atomic E-state index is 12.9. The van der Waals surface area contributed by atoms with Crippen LogP contribution in [0.2, 0.25) is 0 Å². The lowest BCUT2D eigenvalue weighted by Gasteiger charge is -2.11. The second-order valence-electron chi connectivity index (χ2n) is 3.63. The number of hydrogen-bond donors (Lipinski definition) is 2. The standard InChI is InChI=1S/C9H12FN3O4S/c1-6(5-11)12-18(16,17)9-3-2-7(10)4-8(9)13(14)15/h2-4,6,12H,5,11H2,1H3. The second kappa shape index (κ2) is 5.38. The molecule has 18 heavy (non-hydrogen) atoms. The van der Waals surface area contributed by atoms with Gasteiger partial charge in [0.05, 0.1) is 11.0 Å². The van der Waals surface area contributed by atoms with Gasteiger partial charge in [-0.3, -0.25) is 10.1 Å². The van der Waals surface area contributed by atoms with Crippen molar-refractivity contribution in [3.63, 3.8) is 0 Å². The van der Waals surface area contributed by atoms with Gasteiger partial charge in [-0.15, -0.1) is 0 Å². The highest BCUT2D eigenvalue weighted by Gasteiger charge is 2.27. The Labute approximate surface area is 103 Å². The fourth-order valence-corrected chi connectivity index (χ4v) is 2.65. The topological polar surface area (TPSA) is 115 Å². The molecule has 0 saturated carbocycles. The molecule has 1 rings (SSSR count). The van der Waals surface area contributed by atoms with Gasteiger partial charge in [-0.05, 0) is 19.1 Å². The summed E-state index contributed by atoms with van der Waals surface area (Å²) in [5, 5.41) is 10.7. The largest absolute Gasteiger partial charge is 0.329 e. The maximum Gasteiger partial charge on any atom is 0.292 e. The molecule has 0 heterocycles. The third-order valence-corrected chi connectivity index (χ3v) is 3.75. The highest BCUT2D eigenvalue weighted by atomic mass is 32.2. The molecule has 1 unspecified atom stereocenters. The van der Waals surface area contributed by atoms with Crippen LogP contribution in [0, 0.1) is 15.9 Å². The van der Waals surface area contributed by atoms with Crippen LogP contribution in [0.4, 0.5) is 10.1 Å². The van der Waals surface area contributed by atoms with Gasteiger partial charge in [-0.25, -0.2) is 17.5 Å². The van der Waals surface area contributed by atoms with Crippen molar-refractivity contribution < 1.29 is 17.7 Å². The Morgan fingerprint density at radius 3 is 2.67 bits per heavy atom. The molecule has 0 radical (unpaired) electrons. The van der Waals surface area contributed by atoms with Gasteiger partial charge in [-0.1, -0.05) is 0 Å². The Balaban J connectivity index is 3.28. The minimum Gasteiger partial charge on any atom is -0.329 e. The molecule has 1 aromatic carbocycles. The van der Waals surface area contributed by atoms with Crippen molar-refractivity contribution >= 4 is 15.7 Å². The summed E-state index contributed by atoms with van der Waals surface area (Å²) in [5.41, 5.74) is 4.45. The molecule has 100 valence electrons. The van der Waals surface area contributed by atoms with Gasteiger partial charge in [0.25, 0.3) is 5.69 Å². The molecule has 0 amide bonds. The zero-order valence-corrected chi connectivity index (χ0v) is 10.3. The van der Waals surface area contributed by atoms with Crippen LogP contribution in [0.25, 0.3) is 0 Å². The van der Waals surface area contributed by atoms with E-state index in [2.05, 4.69) is 4.72 Å². The van der Waals surface area contributed by atoms with Gasteiger partial charge in [0, 0.05) is 12.6 Å². The zero-order chi connectivity index (χ0) is 13.9. The van der Waals surface area contributed by atoms with Crippen molar-refractivity contribution in [3.05, 3.63) is 34.1 Å². The van der Waals surface area contributed by atoms with Crippen LogP contribution in [0.15, 0.2) is 23.1 Å². The summed E-state index contributed by atoms with van der Waals surface area (Å²) in [6.07, 6.45) is 0. The SMILES string of the molecule is CC(CN)NS(=O)(=O)c1ccc(F)cc1[N+](=O)[O-]. The van der Waals surface area contributed by atoms with Gasteiger partial charge in [-0.2, -0.15) is 0 Å². The van der Waals surface area contributed by atoms with E-state index in [1.165, 1.54) is 6.92 Å². The fraction of sp³-hybridized carbons (Fsp3) is 0.333. The first-order valence-electron chi connectivity index (χ1n) is 4.94. The summed E-state index contributed by atoms with van der Waals surface area (Å²) in [6, 6.07) is 1.66. The van der Waals surface area contributed by atoms with E-state index in [4.69, 9.17) is 5.73 Å². The smallest absolute Gasteiger partial charge is 0.292 e. The molecule has 1 aromatic rings. The van der Waals surface area contributed by atoms with Crippen molar-refractivity contribution in [2.24, 2.45) is 5.73 Å². The van der Waals surface area contributed by atoms with Gasteiger partial charge >= 0.3 is 0 Å². The van der Waals surface area contributed by atoms with Crippen LogP contribution in [0.3, 0.4) is 0 Å². The first-order valence-corrected chi connectivity index (χ1v) is 6.42. The quantitative estimate of drug-likeness (QED) is 0.595. The maximum atomic E-state index is 12.9. The summed E-state index contributed by atoms with van der Waals surface area (Å²) in [7, 11) is -4.10. The highest BCUT2D eigenvalue weighted by molar-refractivity contribution is 7.89. The van der Waals surface area contributed by atoms with Gasteiger partial charge in [0.1, 0.15) is 5.82 Å². The average Bonchev–Trinajstić information content (AvgIpc) is 2.27. The van der Waals surface area contributed by atoms with Crippen LogP contribution < -0.4 is 10.5 Å². The Hall–Kier alpha value is -1.58. The molecule has 0 fully saturated rings. The molecular formula is C9H12FN3O4S. The van der Waals surface area contributed by atoms with Crippen molar-refractivity contribution in [2.75, 3.05) is 6.54 Å². The van der Waals surface area contributed by atoms with E-state index >= 15 is 0 Å². The number of sulfonamides is 1. The molecule has 1 atom stereocenters. The Morgan fingerprint density at radius 1 is 1.56 bits per heavy atom. The summed E-state index contributed by atoms with van der Waals surface area (Å²) in [4.78, 5) is 9.16. The number of nitro benzene ring substituents is 1. The zero-order valence-electron chi connectivity index (χ0n) is 9.46. The lowest BCUT2D eigenvalue weighted by Crippen LogP contribution is -2.37. The molecule has 9 heteroatoms. The lowest BCUT2D eigenvalue weighted by molar-refractivity contribution is -0.388. The molecule has 0 aliphatic rings. The lowest BCUT2D eigenvalue weighted by atomic mass is 10.3. The molecule has 0 spiro atoms. The Bertz CT molecular complexity index is 561. The third-order valence-electron chi connectivity index (χ3n) is 2.12. The summed E-state index contributed by atoms with van der Waals surface area (Å²) in [5.74, 6) is -0.882. The molecule has 3 N–H and O–H groups in total. The van der Waals surface area contributed by atoms with Crippen molar-refractivity contribution in [2.45, 2.75) is 17.9 Å². The fourth-order valence-electron chi connectivity index (χ4n) is 1.24. The molecular weight excluding hydrogens is 265 g/mol. The van der Waals surface area contributed by atoms with Gasteiger partial charge in [0.15, 0.2) is 4.90 Å². The first-order chi connectivity index (χ1) is 8.27. The summed E-state index contributed by atoms with van der Waals surface area (Å²) in [6.45, 7) is 1.54. The van der Waals surface area contributed by atoms with Crippen LogP contribution in [-0.4, -0.2) is 25.9 Å². The number of halogens is 1. The minimum absolute atomic E-state index is 0.0359. The second-order valence-corrected chi connectivity index (χ2v) is 5.31. The molecule has 0 aliphatic carbocycles. The molecule has 0 bridgehead atoms. The van der Waals surface area contributed by atoms with E-state index < -0.39 is 37.4 Å². The van der Waals surface area contributed by atoms with Crippen LogP contribution in [0.1, 0.15) is 6.92 Å². The van der Waals surface area contributed by atoms with Crippen LogP contribution in [0.5, 0.6) is 0 Å². The normalized spacial score (nSPS) is 13.3. The number of rotatable bonds is 5. The molecule has 0 aromatic heterocycles. The number of nitrogens with one attached hydrogen (secondary N) is 1. The predicted octanol–water partition coefficient (Wildman–Crippen LogP) is 0.359. The van der Waals surface area contributed by atoms with E-state index in [1.807, 2.05) is 0 Å². The number of nitrogens with zero attached hydrogens (tertiary/aromatic N) is 1. The van der Waals surface area contributed by atoms with Crippen molar-refractivity contribution in [1.29, 1.82) is 0 Å². The van der Waals surface area contributed by atoms with Crippen LogP contribution >= 0.6 is 0 Å². The van der Waals surface area contributed by atoms with E-state index in [9.17, 15) is 22.9 Å². The number of nitrogens with two attached hydrogens (primary N) is 1. The monoisotopic (exact) mass is 277 g/mol. The van der Waals surface area contributed by atoms with Crippen molar-refractivity contribution in [3.8, 4) is 0 Å². The predicted molar refractivity (Wildman–Crippen MR) is 61.9 cm³/mol. The van der Waals surface area contributed by atoms with E-state index in [1.54, 1.807) is 0 Å². The van der Waals surface area contributed by atoms with Gasteiger partial charge in [0.2, 0.25) is 10.0 Å².